The molecule has 370 valence electrons. The molecule has 1 aliphatic rings. The fourth-order valence-electron chi connectivity index (χ4n) is 8.69. The number of fused-ring (bicyclic) bond motifs is 1. The van der Waals surface area contributed by atoms with E-state index in [1.54, 1.807) is 25.3 Å². The Hall–Kier alpha value is -4.88. The molecule has 0 spiro atoms. The Balaban J connectivity index is 1.71. The van der Waals surface area contributed by atoms with Gasteiger partial charge in [0.15, 0.2) is 23.1 Å². The number of nitrogens with two attached hydrogens (primary N) is 4. The van der Waals surface area contributed by atoms with Crippen molar-refractivity contribution in [1.29, 1.82) is 0 Å². The van der Waals surface area contributed by atoms with Gasteiger partial charge in [-0.3, -0.25) is 29.0 Å². The number of pyridine rings is 1. The largest absolute Gasteiger partial charge is 0.491 e. The molecule has 1 aromatic heterocycles. The third kappa shape index (κ3) is 15.3. The molecule has 17 heteroatoms. The van der Waals surface area contributed by atoms with E-state index in [0.717, 1.165) is 19.3 Å². The maximum absolute atomic E-state index is 14.9. The number of Topliss-reactive ketones (excluding diaryl/α,β-unsaturated/α-hetero) is 3. The number of ether oxygens (including phenoxy) is 5. The first-order valence-corrected chi connectivity index (χ1v) is 23.6. The molecule has 2 aromatic carbocycles. The maximum atomic E-state index is 14.9. The van der Waals surface area contributed by atoms with Gasteiger partial charge in [-0.1, -0.05) is 77.6 Å². The van der Waals surface area contributed by atoms with Crippen molar-refractivity contribution in [3.63, 3.8) is 0 Å². The first-order valence-electron chi connectivity index (χ1n) is 23.6. The zero-order valence-corrected chi connectivity index (χ0v) is 40.1. The van der Waals surface area contributed by atoms with Gasteiger partial charge in [0.25, 0.3) is 0 Å². The molecule has 0 aliphatic heterocycles. The second-order valence-corrected chi connectivity index (χ2v) is 18.0. The SMILES string of the molecule is CC[C@H](C)[C@H](N)C(=O)NCc1ncc(C(=O)C(CC(O)C(N)C(C(=O)[C@@H](N)CC(N)=O)C2CCCCC2)C(C)C)c(C(C)=O)c1Oc1cccc2c(OCCOCCOCCOC)cccc12. The molecule has 4 unspecified atom stereocenters. The highest BCUT2D eigenvalue weighted by atomic mass is 16.6. The van der Waals surface area contributed by atoms with E-state index in [4.69, 9.17) is 46.6 Å². The first-order chi connectivity index (χ1) is 32.0. The standard InChI is InChI=1S/C50H74N6O11/c1-7-30(4)45(53)50(62)56-28-38-49(67-41-18-12-15-33-34(41)16-11-17-40(33)66-24-23-65-22-21-64-20-19-63-6)43(31(5)57)36(27-55-38)47(60)35(29(2)3)25-39(58)46(54)44(32-13-9-8-10-14-32)48(61)37(51)26-42(52)59/h11-12,15-18,27,29-30,32,35,37,39,44-46,58H,7-10,13-14,19-26,28,51,53-54H2,1-6H3,(H2,52,59)(H,56,62)/t30-,35?,37-,39?,44?,45-,46?/m0/s1. The smallest absolute Gasteiger partial charge is 0.237 e. The summed E-state index contributed by atoms with van der Waals surface area (Å²) < 4.78 is 28.9. The van der Waals surface area contributed by atoms with Crippen LogP contribution in [-0.2, 0) is 35.1 Å². The van der Waals surface area contributed by atoms with Crippen molar-refractivity contribution in [2.45, 2.75) is 117 Å². The predicted molar refractivity (Wildman–Crippen MR) is 255 cm³/mol. The zero-order valence-electron chi connectivity index (χ0n) is 40.1. The number of benzene rings is 2. The summed E-state index contributed by atoms with van der Waals surface area (Å²) in [4.78, 5) is 72.3. The van der Waals surface area contributed by atoms with Crippen molar-refractivity contribution in [3.8, 4) is 17.2 Å². The summed E-state index contributed by atoms with van der Waals surface area (Å²) in [6.07, 6.45) is 4.26. The van der Waals surface area contributed by atoms with Gasteiger partial charge in [-0.25, -0.2) is 0 Å². The summed E-state index contributed by atoms with van der Waals surface area (Å²) in [6.45, 7) is 10.9. The molecule has 10 N–H and O–H groups in total. The summed E-state index contributed by atoms with van der Waals surface area (Å²) in [5.41, 5.74) is 24.7. The van der Waals surface area contributed by atoms with Gasteiger partial charge < -0.3 is 57.0 Å². The lowest BCUT2D eigenvalue weighted by molar-refractivity contribution is -0.131. The van der Waals surface area contributed by atoms with Gasteiger partial charge in [0, 0.05) is 48.4 Å². The van der Waals surface area contributed by atoms with Crippen LogP contribution in [0.4, 0.5) is 0 Å². The van der Waals surface area contributed by atoms with E-state index in [9.17, 15) is 29.1 Å². The number of aliphatic hydroxyl groups excluding tert-OH is 1. The number of aliphatic hydroxyl groups is 1. The lowest BCUT2D eigenvalue weighted by Crippen LogP contribution is -2.53. The third-order valence-corrected chi connectivity index (χ3v) is 12.8. The Morgan fingerprint density at radius 2 is 1.48 bits per heavy atom. The Bertz CT molecular complexity index is 2110. The molecule has 1 heterocycles. The highest BCUT2D eigenvalue weighted by Crippen LogP contribution is 2.40. The molecule has 0 radical (unpaired) electrons. The van der Waals surface area contributed by atoms with Crippen LogP contribution in [0.2, 0.25) is 0 Å². The fraction of sp³-hybridized carbons (Fsp3) is 0.600. The Kier molecular flexibility index (Phi) is 22.2. The Morgan fingerprint density at radius 1 is 0.866 bits per heavy atom. The number of hydrogen-bond acceptors (Lipinski definition) is 15. The van der Waals surface area contributed by atoms with Gasteiger partial charge in [-0.05, 0) is 56.1 Å². The number of ketones is 3. The number of carbonyl (C=O) groups is 5. The number of amides is 2. The van der Waals surface area contributed by atoms with E-state index in [1.165, 1.54) is 13.1 Å². The van der Waals surface area contributed by atoms with Crippen molar-refractivity contribution in [3.05, 3.63) is 59.4 Å². The van der Waals surface area contributed by atoms with Crippen LogP contribution in [0.5, 0.6) is 17.2 Å². The lowest BCUT2D eigenvalue weighted by Gasteiger charge is -2.37. The molecule has 4 rings (SSSR count). The topological polar surface area (TPSA) is 281 Å². The highest BCUT2D eigenvalue weighted by molar-refractivity contribution is 6.10. The number of primary amides is 1. The van der Waals surface area contributed by atoms with Crippen molar-refractivity contribution in [2.75, 3.05) is 46.8 Å². The van der Waals surface area contributed by atoms with Gasteiger partial charge in [-0.15, -0.1) is 0 Å². The third-order valence-electron chi connectivity index (χ3n) is 12.8. The summed E-state index contributed by atoms with van der Waals surface area (Å²) in [7, 11) is 1.61. The number of nitrogens with zero attached hydrogens (tertiary/aromatic N) is 1. The number of hydrogen-bond donors (Lipinski definition) is 6. The van der Waals surface area contributed by atoms with Crippen LogP contribution in [0.25, 0.3) is 10.8 Å². The predicted octanol–water partition coefficient (Wildman–Crippen LogP) is 4.78. The second-order valence-electron chi connectivity index (χ2n) is 18.0. The zero-order chi connectivity index (χ0) is 49.2. The van der Waals surface area contributed by atoms with Gasteiger partial charge in [0.05, 0.1) is 68.9 Å². The van der Waals surface area contributed by atoms with Gasteiger partial charge >= 0.3 is 0 Å². The molecule has 7 atom stereocenters. The van der Waals surface area contributed by atoms with E-state index in [-0.39, 0.29) is 66.3 Å². The van der Waals surface area contributed by atoms with E-state index in [1.807, 2.05) is 45.9 Å². The Morgan fingerprint density at radius 3 is 2.07 bits per heavy atom. The van der Waals surface area contributed by atoms with Crippen LogP contribution in [-0.4, -0.2) is 110 Å². The fourth-order valence-corrected chi connectivity index (χ4v) is 8.69. The molecule has 67 heavy (non-hydrogen) atoms. The molecule has 1 fully saturated rings. The van der Waals surface area contributed by atoms with Crippen molar-refractivity contribution >= 4 is 39.9 Å². The van der Waals surface area contributed by atoms with Crippen LogP contribution in [0, 0.1) is 29.6 Å². The molecule has 0 bridgehead atoms. The average Bonchev–Trinajstić information content (AvgIpc) is 3.31. The van der Waals surface area contributed by atoms with Crippen LogP contribution < -0.4 is 37.7 Å². The molecule has 2 amide bonds. The van der Waals surface area contributed by atoms with Crippen LogP contribution in [0.3, 0.4) is 0 Å². The second kappa shape index (κ2) is 27.2. The number of rotatable bonds is 30. The number of aromatic nitrogens is 1. The van der Waals surface area contributed by atoms with Gasteiger partial charge in [0.2, 0.25) is 11.8 Å². The number of methoxy groups -OCH3 is 1. The first kappa shape index (κ1) is 54.7. The lowest BCUT2D eigenvalue weighted by atomic mass is 9.70. The van der Waals surface area contributed by atoms with Gasteiger partial charge in [0.1, 0.15) is 23.8 Å². The monoisotopic (exact) mass is 935 g/mol. The van der Waals surface area contributed by atoms with Crippen molar-refractivity contribution in [1.82, 2.24) is 10.3 Å². The van der Waals surface area contributed by atoms with Crippen molar-refractivity contribution < 1.29 is 52.8 Å². The van der Waals surface area contributed by atoms with Crippen LogP contribution >= 0.6 is 0 Å². The summed E-state index contributed by atoms with van der Waals surface area (Å²) >= 11 is 0. The van der Waals surface area contributed by atoms with E-state index in [0.29, 0.717) is 74.6 Å². The van der Waals surface area contributed by atoms with E-state index in [2.05, 4.69) is 10.3 Å². The summed E-state index contributed by atoms with van der Waals surface area (Å²) in [6, 6.07) is 7.69. The van der Waals surface area contributed by atoms with E-state index >= 15 is 0 Å². The number of nitrogens with one attached hydrogen (secondary N) is 1. The summed E-state index contributed by atoms with van der Waals surface area (Å²) in [5.74, 6) is -4.21. The highest BCUT2D eigenvalue weighted by Gasteiger charge is 2.42. The Labute approximate surface area is 394 Å². The summed E-state index contributed by atoms with van der Waals surface area (Å²) in [5, 5.41) is 16.0. The molecule has 3 aromatic rings. The quantitative estimate of drug-likeness (QED) is 0.0388. The van der Waals surface area contributed by atoms with Crippen molar-refractivity contribution in [2.24, 2.45) is 52.5 Å². The average molecular weight is 935 g/mol. The normalized spacial score (nSPS) is 16.4. The minimum absolute atomic E-state index is 0.0399. The molecule has 1 aliphatic carbocycles. The van der Waals surface area contributed by atoms with Crippen LogP contribution in [0.1, 0.15) is 112 Å². The van der Waals surface area contributed by atoms with Gasteiger partial charge in [-0.2, -0.15) is 0 Å². The molecule has 17 nitrogen and oxygen atoms in total. The minimum Gasteiger partial charge on any atom is -0.491 e. The number of carbonyl (C=O) groups excluding carboxylic acids is 5. The molecular formula is C50H74N6O11. The molecule has 1 saturated carbocycles. The van der Waals surface area contributed by atoms with Crippen LogP contribution in [0.15, 0.2) is 42.6 Å². The molecular weight excluding hydrogens is 861 g/mol. The maximum Gasteiger partial charge on any atom is 0.237 e. The molecule has 0 saturated heterocycles. The van der Waals surface area contributed by atoms with E-state index < -0.39 is 65.2 Å². The minimum atomic E-state index is -1.35.